The van der Waals surface area contributed by atoms with Crippen molar-refractivity contribution in [3.63, 3.8) is 0 Å². The van der Waals surface area contributed by atoms with E-state index in [9.17, 15) is 5.11 Å². The molecule has 2 N–H and O–H groups in total. The summed E-state index contributed by atoms with van der Waals surface area (Å²) in [5.41, 5.74) is 1.18. The van der Waals surface area contributed by atoms with Gasteiger partial charge in [0.2, 0.25) is 0 Å². The molecule has 0 amide bonds. The van der Waals surface area contributed by atoms with Crippen molar-refractivity contribution in [3.8, 4) is 5.75 Å². The van der Waals surface area contributed by atoms with Crippen molar-refractivity contribution < 1.29 is 9.84 Å². The molecule has 102 valence electrons. The molecule has 1 rings (SSSR count). The predicted molar refractivity (Wildman–Crippen MR) is 77.5 cm³/mol. The number of aliphatic hydroxyl groups is 1. The van der Waals surface area contributed by atoms with Gasteiger partial charge in [-0.25, -0.2) is 0 Å². The van der Waals surface area contributed by atoms with Crippen molar-refractivity contribution in [1.82, 2.24) is 5.32 Å². The van der Waals surface area contributed by atoms with E-state index in [0.29, 0.717) is 0 Å². The van der Waals surface area contributed by atoms with Crippen molar-refractivity contribution >= 4 is 11.8 Å². The Morgan fingerprint density at radius 2 is 2.17 bits per heavy atom. The summed E-state index contributed by atoms with van der Waals surface area (Å²) in [5, 5.41) is 12.6. The van der Waals surface area contributed by atoms with Crippen LogP contribution in [0.2, 0.25) is 0 Å². The molecule has 18 heavy (non-hydrogen) atoms. The molecule has 0 saturated carbocycles. The zero-order valence-corrected chi connectivity index (χ0v) is 12.4. The molecule has 0 saturated heterocycles. The monoisotopic (exact) mass is 269 g/mol. The summed E-state index contributed by atoms with van der Waals surface area (Å²) in [7, 11) is 1.69. The molecule has 4 heteroatoms. The minimum absolute atomic E-state index is 0.145. The minimum Gasteiger partial charge on any atom is -0.496 e. The quantitative estimate of drug-likeness (QED) is 0.747. The largest absolute Gasteiger partial charge is 0.496 e. The first-order valence-electron chi connectivity index (χ1n) is 6.25. The molecule has 0 aliphatic heterocycles. The summed E-state index contributed by atoms with van der Waals surface area (Å²) in [4.78, 5) is 1.14. The molecule has 2 unspecified atom stereocenters. The molecule has 0 radical (unpaired) electrons. The van der Waals surface area contributed by atoms with E-state index in [1.807, 2.05) is 6.26 Å². The Hall–Kier alpha value is -0.710. The summed E-state index contributed by atoms with van der Waals surface area (Å²) in [5.74, 6) is 0.908. The molecule has 0 aliphatic carbocycles. The SMILES string of the molecule is CCC(CO)NC(C)c1ccc(SC)c(OC)c1. The van der Waals surface area contributed by atoms with Crippen LogP contribution < -0.4 is 10.1 Å². The normalized spacial score (nSPS) is 14.3. The van der Waals surface area contributed by atoms with Crippen molar-refractivity contribution in [2.45, 2.75) is 37.2 Å². The number of rotatable bonds is 7. The van der Waals surface area contributed by atoms with Crippen LogP contribution in [0.3, 0.4) is 0 Å². The van der Waals surface area contributed by atoms with E-state index in [-0.39, 0.29) is 18.7 Å². The Kier molecular flexibility index (Phi) is 6.54. The predicted octanol–water partition coefficient (Wildman–Crippen LogP) is 2.84. The molecule has 1 aromatic carbocycles. The average molecular weight is 269 g/mol. The fourth-order valence-corrected chi connectivity index (χ4v) is 2.42. The molecular weight excluding hydrogens is 246 g/mol. The maximum absolute atomic E-state index is 9.21. The lowest BCUT2D eigenvalue weighted by Gasteiger charge is -2.21. The van der Waals surface area contributed by atoms with Crippen LogP contribution >= 0.6 is 11.8 Å². The van der Waals surface area contributed by atoms with Crippen LogP contribution in [0.1, 0.15) is 31.9 Å². The van der Waals surface area contributed by atoms with Crippen LogP contribution in [0.25, 0.3) is 0 Å². The van der Waals surface area contributed by atoms with Crippen molar-refractivity contribution in [2.75, 3.05) is 20.0 Å². The van der Waals surface area contributed by atoms with Gasteiger partial charge in [-0.3, -0.25) is 0 Å². The van der Waals surface area contributed by atoms with Gasteiger partial charge in [0.1, 0.15) is 5.75 Å². The Bertz CT molecular complexity index is 367. The Morgan fingerprint density at radius 3 is 2.67 bits per heavy atom. The molecule has 0 aliphatic rings. The first kappa shape index (κ1) is 15.3. The fraction of sp³-hybridized carbons (Fsp3) is 0.571. The highest BCUT2D eigenvalue weighted by molar-refractivity contribution is 7.98. The van der Waals surface area contributed by atoms with E-state index >= 15 is 0 Å². The highest BCUT2D eigenvalue weighted by atomic mass is 32.2. The van der Waals surface area contributed by atoms with Crippen LogP contribution in [0.15, 0.2) is 23.1 Å². The smallest absolute Gasteiger partial charge is 0.132 e. The van der Waals surface area contributed by atoms with E-state index in [1.54, 1.807) is 18.9 Å². The molecular formula is C14H23NO2S. The maximum Gasteiger partial charge on any atom is 0.132 e. The minimum atomic E-state index is 0.145. The van der Waals surface area contributed by atoms with Gasteiger partial charge in [-0.2, -0.15) is 0 Å². The number of nitrogens with one attached hydrogen (secondary N) is 1. The zero-order valence-electron chi connectivity index (χ0n) is 11.6. The molecule has 0 bridgehead atoms. The number of aliphatic hydroxyl groups excluding tert-OH is 1. The van der Waals surface area contributed by atoms with E-state index in [0.717, 1.165) is 17.1 Å². The highest BCUT2D eigenvalue weighted by Gasteiger charge is 2.12. The van der Waals surface area contributed by atoms with Crippen LogP contribution in [-0.4, -0.2) is 31.1 Å². The van der Waals surface area contributed by atoms with Gasteiger partial charge in [-0.15, -0.1) is 11.8 Å². The summed E-state index contributed by atoms with van der Waals surface area (Å²) < 4.78 is 5.39. The Morgan fingerprint density at radius 1 is 1.44 bits per heavy atom. The summed E-state index contributed by atoms with van der Waals surface area (Å²) >= 11 is 1.68. The van der Waals surface area contributed by atoms with Crippen LogP contribution in [0, 0.1) is 0 Å². The third kappa shape index (κ3) is 3.90. The molecule has 0 fully saturated rings. The average Bonchev–Trinajstić information content (AvgIpc) is 2.43. The lowest BCUT2D eigenvalue weighted by atomic mass is 10.1. The van der Waals surface area contributed by atoms with Gasteiger partial charge < -0.3 is 15.2 Å². The van der Waals surface area contributed by atoms with E-state index in [2.05, 4.69) is 37.4 Å². The first-order chi connectivity index (χ1) is 8.65. The van der Waals surface area contributed by atoms with Crippen LogP contribution in [0.4, 0.5) is 0 Å². The second-order valence-corrected chi connectivity index (χ2v) is 5.14. The van der Waals surface area contributed by atoms with Crippen molar-refractivity contribution in [1.29, 1.82) is 0 Å². The number of ether oxygens (including phenoxy) is 1. The van der Waals surface area contributed by atoms with Crippen LogP contribution in [0.5, 0.6) is 5.75 Å². The van der Waals surface area contributed by atoms with E-state index in [4.69, 9.17) is 4.74 Å². The van der Waals surface area contributed by atoms with E-state index < -0.39 is 0 Å². The van der Waals surface area contributed by atoms with Crippen molar-refractivity contribution in [2.24, 2.45) is 0 Å². The first-order valence-corrected chi connectivity index (χ1v) is 7.47. The topological polar surface area (TPSA) is 41.5 Å². The third-order valence-corrected chi connectivity index (χ3v) is 3.88. The fourth-order valence-electron chi connectivity index (χ4n) is 1.87. The number of hydrogen-bond donors (Lipinski definition) is 2. The third-order valence-electron chi connectivity index (χ3n) is 3.11. The van der Waals surface area contributed by atoms with Crippen molar-refractivity contribution in [3.05, 3.63) is 23.8 Å². The summed E-state index contributed by atoms with van der Waals surface area (Å²) in [6, 6.07) is 6.60. The zero-order chi connectivity index (χ0) is 13.5. The van der Waals surface area contributed by atoms with Gasteiger partial charge >= 0.3 is 0 Å². The second-order valence-electron chi connectivity index (χ2n) is 4.29. The number of benzene rings is 1. The molecule has 1 aromatic rings. The standard InChI is InChI=1S/C14H23NO2S/c1-5-12(9-16)15-10(2)11-6-7-14(18-4)13(8-11)17-3/h6-8,10,12,15-16H,5,9H2,1-4H3. The summed E-state index contributed by atoms with van der Waals surface area (Å²) in [6.07, 6.45) is 2.96. The lowest BCUT2D eigenvalue weighted by Crippen LogP contribution is -2.33. The Labute approximate surface area is 114 Å². The van der Waals surface area contributed by atoms with Gasteiger partial charge in [-0.1, -0.05) is 13.0 Å². The molecule has 3 nitrogen and oxygen atoms in total. The van der Waals surface area contributed by atoms with E-state index in [1.165, 1.54) is 5.56 Å². The molecule has 0 heterocycles. The highest BCUT2D eigenvalue weighted by Crippen LogP contribution is 2.30. The Balaban J connectivity index is 2.82. The second kappa shape index (κ2) is 7.67. The molecule has 0 aromatic heterocycles. The lowest BCUT2D eigenvalue weighted by molar-refractivity contribution is 0.230. The van der Waals surface area contributed by atoms with Gasteiger partial charge in [0.15, 0.2) is 0 Å². The van der Waals surface area contributed by atoms with Gasteiger partial charge in [-0.05, 0) is 37.3 Å². The van der Waals surface area contributed by atoms with Crippen LogP contribution in [-0.2, 0) is 0 Å². The number of thioether (sulfide) groups is 1. The summed E-state index contributed by atoms with van der Waals surface area (Å²) in [6.45, 7) is 4.34. The molecule has 0 spiro atoms. The molecule has 2 atom stereocenters. The van der Waals surface area contributed by atoms with Gasteiger partial charge in [0.05, 0.1) is 13.7 Å². The van der Waals surface area contributed by atoms with Gasteiger partial charge in [0.25, 0.3) is 0 Å². The van der Waals surface area contributed by atoms with Gasteiger partial charge in [0, 0.05) is 17.0 Å². The number of hydrogen-bond acceptors (Lipinski definition) is 4. The number of methoxy groups -OCH3 is 1. The maximum atomic E-state index is 9.21.